The average Bonchev–Trinajstić information content (AvgIpc) is 2.54. The van der Waals surface area contributed by atoms with Gasteiger partial charge in [0.1, 0.15) is 6.61 Å². The quantitative estimate of drug-likeness (QED) is 0.760. The molecule has 0 radical (unpaired) electrons. The van der Waals surface area contributed by atoms with Crippen LogP contribution < -0.4 is 10.6 Å². The number of ether oxygens (including phenoxy) is 1. The minimum absolute atomic E-state index is 0.0295. The van der Waals surface area contributed by atoms with E-state index in [2.05, 4.69) is 10.6 Å². The minimum Gasteiger partial charge on any atom is -0.365 e. The predicted molar refractivity (Wildman–Crippen MR) is 79.2 cm³/mol. The van der Waals surface area contributed by atoms with E-state index in [4.69, 9.17) is 4.74 Å². The van der Waals surface area contributed by atoms with Crippen LogP contribution in [-0.2, 0) is 14.3 Å². The van der Waals surface area contributed by atoms with Crippen LogP contribution in [0.15, 0.2) is 30.3 Å². The highest BCUT2D eigenvalue weighted by molar-refractivity contribution is 5.96. The van der Waals surface area contributed by atoms with Gasteiger partial charge in [0.2, 0.25) is 11.8 Å². The Kier molecular flexibility index (Phi) is 5.48. The van der Waals surface area contributed by atoms with Crippen molar-refractivity contribution in [3.8, 4) is 0 Å². The number of hydrogen-bond acceptors (Lipinski definition) is 4. The van der Waals surface area contributed by atoms with Crippen LogP contribution in [0.5, 0.6) is 0 Å². The second kappa shape index (κ2) is 7.56. The zero-order chi connectivity index (χ0) is 15.9. The van der Waals surface area contributed by atoms with Gasteiger partial charge in [-0.25, -0.2) is 0 Å². The molecule has 1 aromatic carbocycles. The van der Waals surface area contributed by atoms with E-state index >= 15 is 0 Å². The summed E-state index contributed by atoms with van der Waals surface area (Å²) in [5, 5.41) is 5.22. The van der Waals surface area contributed by atoms with E-state index < -0.39 is 0 Å². The Balaban J connectivity index is 1.68. The summed E-state index contributed by atoms with van der Waals surface area (Å²) >= 11 is 0. The number of nitrogens with zero attached hydrogens (tertiary/aromatic N) is 1. The topological polar surface area (TPSA) is 87.7 Å². The highest BCUT2D eigenvalue weighted by atomic mass is 16.5. The number of carbonyl (C=O) groups excluding carboxylic acids is 3. The number of likely N-dealkylation sites (N-methyl/N-ethyl adjacent to an activating group) is 1. The lowest BCUT2D eigenvalue weighted by molar-refractivity contribution is -0.146. The van der Waals surface area contributed by atoms with Crippen LogP contribution in [-0.4, -0.2) is 62.0 Å². The monoisotopic (exact) mass is 305 g/mol. The molecule has 1 aliphatic rings. The molecular formula is C15H19N3O4. The van der Waals surface area contributed by atoms with Gasteiger partial charge in [0, 0.05) is 25.7 Å². The van der Waals surface area contributed by atoms with Crippen LogP contribution in [0.1, 0.15) is 10.4 Å². The molecule has 1 saturated heterocycles. The fourth-order valence-corrected chi connectivity index (χ4v) is 2.03. The molecule has 0 bridgehead atoms. The molecule has 2 rings (SSSR count). The zero-order valence-corrected chi connectivity index (χ0v) is 12.4. The van der Waals surface area contributed by atoms with Crippen molar-refractivity contribution in [2.45, 2.75) is 6.10 Å². The van der Waals surface area contributed by atoms with Gasteiger partial charge in [-0.2, -0.15) is 0 Å². The van der Waals surface area contributed by atoms with Crippen LogP contribution in [0.3, 0.4) is 0 Å². The van der Waals surface area contributed by atoms with Crippen LogP contribution in [0.4, 0.5) is 0 Å². The number of amides is 3. The van der Waals surface area contributed by atoms with Crippen molar-refractivity contribution in [1.82, 2.24) is 15.5 Å². The maximum atomic E-state index is 11.8. The molecule has 1 fully saturated rings. The molecule has 3 amide bonds. The molecule has 0 saturated carbocycles. The normalized spacial score (nSPS) is 18.0. The van der Waals surface area contributed by atoms with E-state index in [-0.39, 0.29) is 37.0 Å². The maximum Gasteiger partial charge on any atom is 0.251 e. The second-order valence-electron chi connectivity index (χ2n) is 5.06. The number of carbonyl (C=O) groups is 3. The highest BCUT2D eigenvalue weighted by Gasteiger charge is 2.23. The number of hydrogen-bond donors (Lipinski definition) is 2. The van der Waals surface area contributed by atoms with Crippen molar-refractivity contribution >= 4 is 17.7 Å². The summed E-state index contributed by atoms with van der Waals surface area (Å²) in [6.07, 6.45) is -0.225. The number of rotatable bonds is 5. The van der Waals surface area contributed by atoms with Gasteiger partial charge < -0.3 is 20.3 Å². The van der Waals surface area contributed by atoms with Gasteiger partial charge >= 0.3 is 0 Å². The van der Waals surface area contributed by atoms with Crippen molar-refractivity contribution in [1.29, 1.82) is 0 Å². The summed E-state index contributed by atoms with van der Waals surface area (Å²) < 4.78 is 5.31. The Morgan fingerprint density at radius 1 is 1.27 bits per heavy atom. The first-order chi connectivity index (χ1) is 10.6. The van der Waals surface area contributed by atoms with Crippen molar-refractivity contribution in [3.05, 3.63) is 35.9 Å². The third-order valence-electron chi connectivity index (χ3n) is 3.32. The van der Waals surface area contributed by atoms with Gasteiger partial charge in [-0.15, -0.1) is 0 Å². The Labute approximate surface area is 128 Å². The van der Waals surface area contributed by atoms with Gasteiger partial charge in [0.25, 0.3) is 5.91 Å². The summed E-state index contributed by atoms with van der Waals surface area (Å²) in [7, 11) is 1.69. The second-order valence-corrected chi connectivity index (χ2v) is 5.06. The smallest absolute Gasteiger partial charge is 0.251 e. The van der Waals surface area contributed by atoms with Crippen molar-refractivity contribution in [2.24, 2.45) is 0 Å². The number of nitrogens with one attached hydrogen (secondary N) is 2. The Morgan fingerprint density at radius 3 is 2.68 bits per heavy atom. The number of benzene rings is 1. The maximum absolute atomic E-state index is 11.8. The van der Waals surface area contributed by atoms with Crippen LogP contribution in [0, 0.1) is 0 Å². The number of morpholine rings is 1. The molecule has 118 valence electrons. The van der Waals surface area contributed by atoms with E-state index in [1.807, 2.05) is 6.07 Å². The first-order valence-electron chi connectivity index (χ1n) is 7.02. The Hall–Kier alpha value is -2.41. The largest absolute Gasteiger partial charge is 0.365 e. The lowest BCUT2D eigenvalue weighted by Gasteiger charge is -2.29. The van der Waals surface area contributed by atoms with E-state index in [1.165, 1.54) is 0 Å². The summed E-state index contributed by atoms with van der Waals surface area (Å²) in [5.74, 6) is -0.667. The van der Waals surface area contributed by atoms with Crippen LogP contribution in [0.25, 0.3) is 0 Å². The first-order valence-corrected chi connectivity index (χ1v) is 7.02. The van der Waals surface area contributed by atoms with Crippen molar-refractivity contribution in [2.75, 3.05) is 33.3 Å². The summed E-state index contributed by atoms with van der Waals surface area (Å²) in [6.45, 7) is 0.671. The molecule has 1 aliphatic heterocycles. The zero-order valence-electron chi connectivity index (χ0n) is 12.4. The minimum atomic E-state index is -0.299. The van der Waals surface area contributed by atoms with Crippen molar-refractivity contribution < 1.29 is 19.1 Å². The van der Waals surface area contributed by atoms with E-state index in [1.54, 1.807) is 36.2 Å². The lowest BCUT2D eigenvalue weighted by Crippen LogP contribution is -2.49. The SMILES string of the molecule is CN1CC(CNC(=O)CNC(=O)c2ccccc2)OCC1=O. The standard InChI is InChI=1S/C15H19N3O4/c1-18-9-12(22-10-14(18)20)7-16-13(19)8-17-15(21)11-5-3-2-4-6-11/h2-6,12H,7-10H2,1H3,(H,16,19)(H,17,21). The van der Waals surface area contributed by atoms with Crippen LogP contribution >= 0.6 is 0 Å². The van der Waals surface area contributed by atoms with E-state index in [0.717, 1.165) is 0 Å². The van der Waals surface area contributed by atoms with Gasteiger partial charge in [0.15, 0.2) is 0 Å². The van der Waals surface area contributed by atoms with E-state index in [9.17, 15) is 14.4 Å². The molecule has 7 heteroatoms. The lowest BCUT2D eigenvalue weighted by atomic mass is 10.2. The molecule has 2 N–H and O–H groups in total. The molecule has 0 aromatic heterocycles. The molecule has 0 spiro atoms. The third-order valence-corrected chi connectivity index (χ3v) is 3.32. The van der Waals surface area contributed by atoms with Gasteiger partial charge in [-0.05, 0) is 12.1 Å². The first kappa shape index (κ1) is 16.0. The molecular weight excluding hydrogens is 286 g/mol. The molecule has 1 unspecified atom stereocenters. The molecule has 1 aromatic rings. The molecule has 7 nitrogen and oxygen atoms in total. The van der Waals surface area contributed by atoms with Gasteiger partial charge in [-0.3, -0.25) is 14.4 Å². The Bertz CT molecular complexity index is 547. The highest BCUT2D eigenvalue weighted by Crippen LogP contribution is 2.03. The summed E-state index contributed by atoms with van der Waals surface area (Å²) in [5.41, 5.74) is 0.506. The third kappa shape index (κ3) is 4.56. The molecule has 1 atom stereocenters. The molecule has 22 heavy (non-hydrogen) atoms. The Morgan fingerprint density at radius 2 is 2.00 bits per heavy atom. The van der Waals surface area contributed by atoms with Gasteiger partial charge in [-0.1, -0.05) is 18.2 Å². The van der Waals surface area contributed by atoms with Crippen molar-refractivity contribution in [3.63, 3.8) is 0 Å². The van der Waals surface area contributed by atoms with Crippen LogP contribution in [0.2, 0.25) is 0 Å². The predicted octanol–water partition coefficient (Wildman–Crippen LogP) is -0.610. The fraction of sp³-hybridized carbons (Fsp3) is 0.400. The fourth-order valence-electron chi connectivity index (χ4n) is 2.03. The van der Waals surface area contributed by atoms with E-state index in [0.29, 0.717) is 18.7 Å². The molecule has 0 aliphatic carbocycles. The van der Waals surface area contributed by atoms with Gasteiger partial charge in [0.05, 0.1) is 12.6 Å². The summed E-state index contributed by atoms with van der Waals surface area (Å²) in [6, 6.07) is 8.68. The average molecular weight is 305 g/mol. The summed E-state index contributed by atoms with van der Waals surface area (Å²) in [4.78, 5) is 36.3. The molecule has 1 heterocycles.